The zero-order valence-electron chi connectivity index (χ0n) is 14.7. The molecule has 0 bridgehead atoms. The largest absolute Gasteiger partial charge is 0.0984 e. The Kier molecular flexibility index (Phi) is 9.39. The molecule has 2 aromatic carbocycles. The summed E-state index contributed by atoms with van der Waals surface area (Å²) >= 11 is 0. The SMILES string of the molecule is C=C=C=c1c(=C)c(C)c(C=C)c2ccccc12.CC.CCC. The normalized spacial score (nSPS) is 8.59. The van der Waals surface area contributed by atoms with E-state index in [1.807, 2.05) is 32.1 Å². The molecule has 0 nitrogen and oxygen atoms in total. The molecule has 0 aliphatic heterocycles. The molecule has 0 heterocycles. The van der Waals surface area contributed by atoms with Crippen LogP contribution in [-0.2, 0) is 0 Å². The summed E-state index contributed by atoms with van der Waals surface area (Å²) < 4.78 is 0. The van der Waals surface area contributed by atoms with Gasteiger partial charge in [0, 0.05) is 5.22 Å². The number of hydrogen-bond donors (Lipinski definition) is 0. The molecule has 0 radical (unpaired) electrons. The predicted octanol–water partition coefficient (Wildman–Crippen LogP) is 5.36. The third kappa shape index (κ3) is 4.37. The van der Waals surface area contributed by atoms with Gasteiger partial charge in [0.05, 0.1) is 0 Å². The van der Waals surface area contributed by atoms with Crippen LogP contribution in [0, 0.1) is 6.92 Å². The summed E-state index contributed by atoms with van der Waals surface area (Å²) in [5.41, 5.74) is 8.04. The molecular formula is C22H28. The lowest BCUT2D eigenvalue weighted by Crippen LogP contribution is -2.27. The van der Waals surface area contributed by atoms with Gasteiger partial charge < -0.3 is 0 Å². The number of fused-ring (bicyclic) bond motifs is 1. The van der Waals surface area contributed by atoms with Crippen molar-refractivity contribution in [3.63, 3.8) is 0 Å². The highest BCUT2D eigenvalue weighted by atomic mass is 14.1. The molecule has 2 aromatic rings. The Morgan fingerprint density at radius 3 is 2.05 bits per heavy atom. The Morgan fingerprint density at radius 2 is 1.59 bits per heavy atom. The standard InChI is InChI=1S/C17H14.C3H8.C2H6/c1-5-9-15-13(4)12(3)14(6-2)16-10-7-8-11-17(15)16;1-3-2;1-2/h6-8,10-11H,1-2,4H2,3H3;3H2,1-2H3;1-2H3. The Labute approximate surface area is 135 Å². The van der Waals surface area contributed by atoms with Gasteiger partial charge in [0.1, 0.15) is 0 Å². The van der Waals surface area contributed by atoms with Gasteiger partial charge in [-0.05, 0) is 40.6 Å². The third-order valence-corrected chi connectivity index (χ3v) is 3.06. The molecule has 0 aliphatic rings. The van der Waals surface area contributed by atoms with E-state index in [0.29, 0.717) is 0 Å². The van der Waals surface area contributed by atoms with Gasteiger partial charge in [0.25, 0.3) is 0 Å². The molecule has 0 amide bonds. The van der Waals surface area contributed by atoms with Crippen LogP contribution >= 0.6 is 0 Å². The van der Waals surface area contributed by atoms with Gasteiger partial charge in [-0.15, -0.1) is 0 Å². The van der Waals surface area contributed by atoms with E-state index in [9.17, 15) is 0 Å². The molecule has 0 aliphatic carbocycles. The fourth-order valence-electron chi connectivity index (χ4n) is 2.14. The van der Waals surface area contributed by atoms with E-state index in [4.69, 9.17) is 0 Å². The molecule has 0 N–H and O–H groups in total. The summed E-state index contributed by atoms with van der Waals surface area (Å²) in [4.78, 5) is 0. The highest BCUT2D eigenvalue weighted by Gasteiger charge is 2.04. The lowest BCUT2D eigenvalue weighted by molar-refractivity contribution is 1.09. The maximum absolute atomic E-state index is 4.12. The second-order valence-electron chi connectivity index (χ2n) is 4.65. The van der Waals surface area contributed by atoms with Crippen molar-refractivity contribution < 1.29 is 0 Å². The Hall–Kier alpha value is -2.26. The van der Waals surface area contributed by atoms with Crippen LogP contribution in [0.2, 0.25) is 0 Å². The Balaban J connectivity index is 0.000000789. The van der Waals surface area contributed by atoms with Crippen LogP contribution in [0.5, 0.6) is 0 Å². The van der Waals surface area contributed by atoms with Gasteiger partial charge in [-0.1, -0.05) is 89.1 Å². The van der Waals surface area contributed by atoms with E-state index in [0.717, 1.165) is 27.0 Å². The molecule has 0 saturated heterocycles. The van der Waals surface area contributed by atoms with Crippen molar-refractivity contribution in [3.05, 3.63) is 64.7 Å². The molecule has 0 fully saturated rings. The van der Waals surface area contributed by atoms with Crippen LogP contribution in [0.1, 0.15) is 45.2 Å². The maximum atomic E-state index is 4.12. The van der Waals surface area contributed by atoms with Crippen LogP contribution in [0.25, 0.3) is 29.2 Å². The van der Waals surface area contributed by atoms with E-state index < -0.39 is 0 Å². The molecule has 0 aromatic heterocycles. The highest BCUT2D eigenvalue weighted by Crippen LogP contribution is 2.17. The molecule has 116 valence electrons. The molecule has 0 heteroatoms. The van der Waals surface area contributed by atoms with Crippen molar-refractivity contribution in [1.29, 1.82) is 0 Å². The molecule has 0 atom stereocenters. The van der Waals surface area contributed by atoms with Crippen LogP contribution in [-0.4, -0.2) is 0 Å². The van der Waals surface area contributed by atoms with Gasteiger partial charge in [0.15, 0.2) is 0 Å². The molecule has 0 unspecified atom stereocenters. The van der Waals surface area contributed by atoms with E-state index in [2.05, 4.69) is 64.1 Å². The van der Waals surface area contributed by atoms with Crippen molar-refractivity contribution in [3.8, 4) is 0 Å². The lowest BCUT2D eigenvalue weighted by Gasteiger charge is -2.07. The second-order valence-corrected chi connectivity index (χ2v) is 4.65. The number of benzene rings is 2. The van der Waals surface area contributed by atoms with Crippen molar-refractivity contribution in [2.75, 3.05) is 0 Å². The van der Waals surface area contributed by atoms with E-state index in [1.54, 1.807) is 0 Å². The van der Waals surface area contributed by atoms with E-state index in [-0.39, 0.29) is 0 Å². The first-order valence-electron chi connectivity index (χ1n) is 7.90. The topological polar surface area (TPSA) is 0 Å². The summed E-state index contributed by atoms with van der Waals surface area (Å²) in [5.74, 6) is 0. The summed E-state index contributed by atoms with van der Waals surface area (Å²) in [7, 11) is 0. The first-order valence-corrected chi connectivity index (χ1v) is 7.90. The minimum atomic E-state index is 0.967. The highest BCUT2D eigenvalue weighted by molar-refractivity contribution is 5.92. The first-order chi connectivity index (χ1) is 10.6. The van der Waals surface area contributed by atoms with Gasteiger partial charge in [-0.3, -0.25) is 0 Å². The minimum absolute atomic E-state index is 0.967. The Bertz CT molecular complexity index is 781. The van der Waals surface area contributed by atoms with Crippen molar-refractivity contribution in [2.45, 2.75) is 41.0 Å². The van der Waals surface area contributed by atoms with Gasteiger partial charge in [-0.2, -0.15) is 0 Å². The van der Waals surface area contributed by atoms with Crippen LogP contribution in [0.3, 0.4) is 0 Å². The van der Waals surface area contributed by atoms with Crippen molar-refractivity contribution >= 4 is 29.2 Å². The molecule has 0 saturated carbocycles. The predicted molar refractivity (Wildman–Crippen MR) is 103 cm³/mol. The zero-order valence-corrected chi connectivity index (χ0v) is 14.7. The van der Waals surface area contributed by atoms with Crippen LogP contribution < -0.4 is 10.4 Å². The second kappa shape index (κ2) is 10.5. The quantitative estimate of drug-likeness (QED) is 0.620. The summed E-state index contributed by atoms with van der Waals surface area (Å²) in [6.07, 6.45) is 3.13. The van der Waals surface area contributed by atoms with E-state index >= 15 is 0 Å². The minimum Gasteiger partial charge on any atom is -0.0984 e. The monoisotopic (exact) mass is 292 g/mol. The average Bonchev–Trinajstić information content (AvgIpc) is 2.55. The maximum Gasteiger partial charge on any atom is 0.0396 e. The van der Waals surface area contributed by atoms with Crippen molar-refractivity contribution in [2.24, 2.45) is 0 Å². The van der Waals surface area contributed by atoms with E-state index in [1.165, 1.54) is 11.8 Å². The smallest absolute Gasteiger partial charge is 0.0396 e. The Morgan fingerprint density at radius 1 is 1.09 bits per heavy atom. The first kappa shape index (κ1) is 19.7. The zero-order chi connectivity index (χ0) is 17.1. The molecule has 2 rings (SSSR count). The summed E-state index contributed by atoms with van der Waals surface area (Å²) in [5, 5.41) is 4.23. The van der Waals surface area contributed by atoms with Crippen molar-refractivity contribution in [1.82, 2.24) is 0 Å². The van der Waals surface area contributed by atoms with Crippen LogP contribution in [0.4, 0.5) is 0 Å². The summed E-state index contributed by atoms with van der Waals surface area (Å²) in [6.45, 7) is 21.9. The van der Waals surface area contributed by atoms with Gasteiger partial charge in [0.2, 0.25) is 0 Å². The average molecular weight is 292 g/mol. The van der Waals surface area contributed by atoms with Gasteiger partial charge in [-0.25, -0.2) is 0 Å². The van der Waals surface area contributed by atoms with Crippen LogP contribution in [0.15, 0.2) is 43.2 Å². The lowest BCUT2D eigenvalue weighted by atomic mass is 9.96. The number of rotatable bonds is 1. The van der Waals surface area contributed by atoms with Gasteiger partial charge >= 0.3 is 0 Å². The molecule has 0 spiro atoms. The molecular weight excluding hydrogens is 264 g/mol. The summed E-state index contributed by atoms with van der Waals surface area (Å²) in [6, 6.07) is 8.19. The third-order valence-electron chi connectivity index (χ3n) is 3.06. The fraction of sp³-hybridized carbons (Fsp3) is 0.273. The number of hydrogen-bond acceptors (Lipinski definition) is 0. The fourth-order valence-corrected chi connectivity index (χ4v) is 2.14. The molecule has 22 heavy (non-hydrogen) atoms.